The molecule has 0 atom stereocenters. The number of hydrogen-bond donors (Lipinski definition) is 1. The molecule has 0 aliphatic rings. The first-order chi connectivity index (χ1) is 16.3. The van der Waals surface area contributed by atoms with Crippen LogP contribution in [0.25, 0.3) is 0 Å². The number of anilines is 1. The number of thioether (sulfide) groups is 1. The molecule has 0 radical (unpaired) electrons. The zero-order valence-electron chi connectivity index (χ0n) is 18.8. The summed E-state index contributed by atoms with van der Waals surface area (Å²) in [6.07, 6.45) is 1.81. The minimum Gasteiger partial charge on any atom is -0.457 e. The van der Waals surface area contributed by atoms with Crippen LogP contribution < -0.4 is 14.4 Å². The van der Waals surface area contributed by atoms with Gasteiger partial charge in [-0.3, -0.25) is 9.10 Å². The van der Waals surface area contributed by atoms with Crippen LogP contribution in [0.2, 0.25) is 0 Å². The Morgan fingerprint density at radius 1 is 0.971 bits per heavy atom. The first-order valence-corrected chi connectivity index (χ1v) is 13.7. The van der Waals surface area contributed by atoms with Gasteiger partial charge in [0.25, 0.3) is 0 Å². The Morgan fingerprint density at radius 3 is 2.26 bits per heavy atom. The quantitative estimate of drug-likeness (QED) is 0.359. The molecule has 0 unspecified atom stereocenters. The molecular formula is C25H27FN2O4S2. The van der Waals surface area contributed by atoms with E-state index in [1.165, 1.54) is 12.1 Å². The molecule has 3 aromatic rings. The molecular weight excluding hydrogens is 475 g/mol. The number of halogens is 1. The van der Waals surface area contributed by atoms with Gasteiger partial charge in [0.05, 0.1) is 11.9 Å². The number of rotatable bonds is 12. The van der Waals surface area contributed by atoms with Crippen molar-refractivity contribution in [2.24, 2.45) is 0 Å². The number of para-hydroxylation sites is 1. The summed E-state index contributed by atoms with van der Waals surface area (Å²) in [6.45, 7) is 0.136. The first kappa shape index (κ1) is 25.6. The van der Waals surface area contributed by atoms with E-state index in [0.717, 1.165) is 34.1 Å². The van der Waals surface area contributed by atoms with Gasteiger partial charge in [0.1, 0.15) is 23.9 Å². The lowest BCUT2D eigenvalue weighted by atomic mass is 10.2. The Hall–Kier alpha value is -3.04. The van der Waals surface area contributed by atoms with Gasteiger partial charge >= 0.3 is 0 Å². The maximum Gasteiger partial charge on any atom is 0.240 e. The molecule has 1 amide bonds. The van der Waals surface area contributed by atoms with Gasteiger partial charge in [-0.25, -0.2) is 12.8 Å². The second kappa shape index (κ2) is 12.4. The van der Waals surface area contributed by atoms with Crippen molar-refractivity contribution in [2.45, 2.75) is 12.2 Å². The lowest BCUT2D eigenvalue weighted by Crippen LogP contribution is -2.40. The predicted octanol–water partition coefficient (Wildman–Crippen LogP) is 4.82. The fourth-order valence-corrected chi connectivity index (χ4v) is 4.84. The van der Waals surface area contributed by atoms with Crippen molar-refractivity contribution in [3.63, 3.8) is 0 Å². The Balaban J connectivity index is 1.46. The van der Waals surface area contributed by atoms with Gasteiger partial charge < -0.3 is 10.1 Å². The molecule has 3 rings (SSSR count). The normalized spacial score (nSPS) is 11.1. The summed E-state index contributed by atoms with van der Waals surface area (Å²) in [7, 11) is -3.66. The Morgan fingerprint density at radius 2 is 1.62 bits per heavy atom. The smallest absolute Gasteiger partial charge is 0.240 e. The van der Waals surface area contributed by atoms with Crippen molar-refractivity contribution in [2.75, 3.05) is 29.4 Å². The summed E-state index contributed by atoms with van der Waals surface area (Å²) in [4.78, 5) is 12.4. The second-order valence-electron chi connectivity index (χ2n) is 7.56. The molecule has 3 aromatic carbocycles. The van der Waals surface area contributed by atoms with Gasteiger partial charge in [0.15, 0.2) is 0 Å². The molecule has 0 aromatic heterocycles. The van der Waals surface area contributed by atoms with Crippen LogP contribution in [-0.4, -0.2) is 39.4 Å². The molecule has 0 saturated carbocycles. The minimum atomic E-state index is -3.66. The molecule has 0 aliphatic heterocycles. The molecule has 180 valence electrons. The summed E-state index contributed by atoms with van der Waals surface area (Å²) in [5.74, 6) is 2.18. The van der Waals surface area contributed by atoms with E-state index in [9.17, 15) is 17.6 Å². The van der Waals surface area contributed by atoms with E-state index >= 15 is 0 Å². The van der Waals surface area contributed by atoms with Crippen molar-refractivity contribution in [1.29, 1.82) is 0 Å². The van der Waals surface area contributed by atoms with Crippen LogP contribution in [-0.2, 0) is 20.6 Å². The molecule has 34 heavy (non-hydrogen) atoms. The predicted molar refractivity (Wildman–Crippen MR) is 135 cm³/mol. The summed E-state index contributed by atoms with van der Waals surface area (Å²) in [6, 6.07) is 22.2. The zero-order valence-corrected chi connectivity index (χ0v) is 20.4. The molecule has 0 heterocycles. The minimum absolute atomic E-state index is 0.254. The highest BCUT2D eigenvalue weighted by atomic mass is 32.2. The fraction of sp³-hybridized carbons (Fsp3) is 0.240. The van der Waals surface area contributed by atoms with E-state index in [1.807, 2.05) is 30.3 Å². The van der Waals surface area contributed by atoms with Gasteiger partial charge in [-0.1, -0.05) is 30.3 Å². The van der Waals surface area contributed by atoms with Crippen LogP contribution in [0.1, 0.15) is 12.0 Å². The molecule has 0 bridgehead atoms. The summed E-state index contributed by atoms with van der Waals surface area (Å²) < 4.78 is 44.3. The van der Waals surface area contributed by atoms with Gasteiger partial charge in [0.2, 0.25) is 15.9 Å². The molecule has 9 heteroatoms. The number of nitrogens with zero attached hydrogens (tertiary/aromatic N) is 1. The van der Waals surface area contributed by atoms with Gasteiger partial charge in [-0.2, -0.15) is 11.8 Å². The van der Waals surface area contributed by atoms with Crippen LogP contribution in [0.4, 0.5) is 10.1 Å². The van der Waals surface area contributed by atoms with Crippen molar-refractivity contribution in [1.82, 2.24) is 5.32 Å². The molecule has 0 spiro atoms. The van der Waals surface area contributed by atoms with E-state index in [-0.39, 0.29) is 18.3 Å². The van der Waals surface area contributed by atoms with E-state index in [2.05, 4.69) is 5.32 Å². The number of benzene rings is 3. The van der Waals surface area contributed by atoms with Crippen LogP contribution >= 0.6 is 11.8 Å². The average molecular weight is 503 g/mol. The molecule has 6 nitrogen and oxygen atoms in total. The largest absolute Gasteiger partial charge is 0.457 e. The standard InChI is InChI=1S/C25H27FN2O4S2/c1-34(30,31)28(22-12-14-24(15-13-22)32-23-6-3-2-4-7-23)18-25(29)27-16-5-17-33-19-20-8-10-21(26)11-9-20/h2-4,6-15H,5,16-19H2,1H3,(H,27,29). The van der Waals surface area contributed by atoms with E-state index in [0.29, 0.717) is 23.7 Å². The van der Waals surface area contributed by atoms with Crippen molar-refractivity contribution in [3.05, 3.63) is 90.2 Å². The molecule has 0 saturated heterocycles. The third-order valence-corrected chi connectivity index (χ3v) is 7.02. The Bertz CT molecular complexity index is 1160. The number of carbonyl (C=O) groups excluding carboxylic acids is 1. The lowest BCUT2D eigenvalue weighted by Gasteiger charge is -2.22. The number of hydrogen-bond acceptors (Lipinski definition) is 5. The maximum atomic E-state index is 12.9. The fourth-order valence-electron chi connectivity index (χ4n) is 3.06. The third-order valence-electron chi connectivity index (χ3n) is 4.76. The topological polar surface area (TPSA) is 75.7 Å². The number of nitrogens with one attached hydrogen (secondary N) is 1. The third kappa shape index (κ3) is 8.39. The van der Waals surface area contributed by atoms with Crippen LogP contribution in [0.5, 0.6) is 11.5 Å². The highest BCUT2D eigenvalue weighted by molar-refractivity contribution is 7.98. The molecule has 0 aliphatic carbocycles. The Labute approximate surface area is 204 Å². The molecule has 1 N–H and O–H groups in total. The number of ether oxygens (including phenoxy) is 1. The van der Waals surface area contributed by atoms with Gasteiger partial charge in [0, 0.05) is 12.3 Å². The summed E-state index contributed by atoms with van der Waals surface area (Å²) in [5, 5.41) is 2.77. The first-order valence-electron chi connectivity index (χ1n) is 10.7. The number of sulfonamides is 1. The van der Waals surface area contributed by atoms with Gasteiger partial charge in [-0.15, -0.1) is 0 Å². The van der Waals surface area contributed by atoms with Gasteiger partial charge in [-0.05, 0) is 66.3 Å². The van der Waals surface area contributed by atoms with Crippen molar-refractivity contribution in [3.8, 4) is 11.5 Å². The van der Waals surface area contributed by atoms with Crippen LogP contribution in [0.3, 0.4) is 0 Å². The monoisotopic (exact) mass is 502 g/mol. The van der Waals surface area contributed by atoms with Crippen molar-refractivity contribution < 1.29 is 22.3 Å². The highest BCUT2D eigenvalue weighted by Crippen LogP contribution is 2.25. The van der Waals surface area contributed by atoms with Crippen LogP contribution in [0.15, 0.2) is 78.9 Å². The van der Waals surface area contributed by atoms with Crippen LogP contribution in [0, 0.1) is 5.82 Å². The molecule has 0 fully saturated rings. The summed E-state index contributed by atoms with van der Waals surface area (Å²) in [5.41, 5.74) is 1.42. The zero-order chi connectivity index (χ0) is 24.4. The second-order valence-corrected chi connectivity index (χ2v) is 10.6. The van der Waals surface area contributed by atoms with E-state index in [1.54, 1.807) is 48.2 Å². The lowest BCUT2D eigenvalue weighted by molar-refractivity contribution is -0.119. The highest BCUT2D eigenvalue weighted by Gasteiger charge is 2.20. The SMILES string of the molecule is CS(=O)(=O)N(CC(=O)NCCCSCc1ccc(F)cc1)c1ccc(Oc2ccccc2)cc1. The van der Waals surface area contributed by atoms with E-state index in [4.69, 9.17) is 4.74 Å². The number of amides is 1. The average Bonchev–Trinajstić information content (AvgIpc) is 2.81. The Kier molecular flexibility index (Phi) is 9.35. The number of carbonyl (C=O) groups is 1. The van der Waals surface area contributed by atoms with E-state index < -0.39 is 10.0 Å². The summed E-state index contributed by atoms with van der Waals surface area (Å²) >= 11 is 1.69. The van der Waals surface area contributed by atoms with Crippen molar-refractivity contribution >= 4 is 33.4 Å². The maximum absolute atomic E-state index is 12.9.